The fourth-order valence-electron chi connectivity index (χ4n) is 4.79. The van der Waals surface area contributed by atoms with E-state index in [9.17, 15) is 0 Å². The molecular formula is C25H36Cl2N6. The number of hydrogen-bond acceptors (Lipinski definition) is 6. The van der Waals surface area contributed by atoms with E-state index in [1.165, 1.54) is 31.4 Å². The molecular weight excluding hydrogens is 455 g/mol. The Kier molecular flexibility index (Phi) is 8.69. The summed E-state index contributed by atoms with van der Waals surface area (Å²) in [5, 5.41) is 8.30. The summed E-state index contributed by atoms with van der Waals surface area (Å²) in [6, 6.07) is 5.62. The van der Waals surface area contributed by atoms with E-state index in [1.54, 1.807) is 6.07 Å². The Morgan fingerprint density at radius 2 is 1.94 bits per heavy atom. The summed E-state index contributed by atoms with van der Waals surface area (Å²) in [6.45, 7) is 12.4. The molecule has 0 bridgehead atoms. The second kappa shape index (κ2) is 11.7. The smallest absolute Gasteiger partial charge is 0.227 e. The predicted molar refractivity (Wildman–Crippen MR) is 139 cm³/mol. The van der Waals surface area contributed by atoms with Crippen LogP contribution in [0.15, 0.2) is 18.2 Å². The normalized spacial score (nSPS) is 16.8. The first-order chi connectivity index (χ1) is 16.1. The van der Waals surface area contributed by atoms with Gasteiger partial charge >= 0.3 is 0 Å². The van der Waals surface area contributed by atoms with Gasteiger partial charge in [0.25, 0.3) is 0 Å². The van der Waals surface area contributed by atoms with E-state index in [1.807, 2.05) is 12.1 Å². The molecule has 33 heavy (non-hydrogen) atoms. The van der Waals surface area contributed by atoms with Crippen LogP contribution in [-0.4, -0.2) is 54.1 Å². The molecule has 2 N–H and O–H groups in total. The van der Waals surface area contributed by atoms with Gasteiger partial charge in [0.1, 0.15) is 5.82 Å². The van der Waals surface area contributed by atoms with Crippen LogP contribution in [0, 0.1) is 5.92 Å². The van der Waals surface area contributed by atoms with Crippen molar-refractivity contribution in [3.8, 4) is 0 Å². The van der Waals surface area contributed by atoms with E-state index in [0.29, 0.717) is 16.6 Å². The van der Waals surface area contributed by atoms with Crippen LogP contribution >= 0.6 is 23.2 Å². The molecule has 6 nitrogen and oxygen atoms in total. The van der Waals surface area contributed by atoms with Crippen molar-refractivity contribution < 1.29 is 0 Å². The first-order valence-corrected chi connectivity index (χ1v) is 13.1. The van der Waals surface area contributed by atoms with E-state index in [4.69, 9.17) is 33.2 Å². The van der Waals surface area contributed by atoms with Crippen LogP contribution < -0.4 is 15.5 Å². The third-order valence-electron chi connectivity index (χ3n) is 7.03. The molecule has 0 spiro atoms. The number of benzene rings is 1. The minimum atomic E-state index is 0.603. The van der Waals surface area contributed by atoms with Gasteiger partial charge in [-0.25, -0.2) is 4.98 Å². The molecule has 1 aromatic carbocycles. The van der Waals surface area contributed by atoms with E-state index in [0.717, 1.165) is 74.6 Å². The van der Waals surface area contributed by atoms with Crippen LogP contribution in [0.4, 0.5) is 11.8 Å². The fourth-order valence-corrected chi connectivity index (χ4v) is 5.26. The molecule has 0 aliphatic carbocycles. The van der Waals surface area contributed by atoms with Crippen LogP contribution in [0.3, 0.4) is 0 Å². The zero-order valence-electron chi connectivity index (χ0n) is 19.8. The third kappa shape index (κ3) is 6.30. The summed E-state index contributed by atoms with van der Waals surface area (Å²) in [7, 11) is 0. The Bertz CT molecular complexity index is 925. The maximum Gasteiger partial charge on any atom is 0.227 e. The average Bonchev–Trinajstić information content (AvgIpc) is 2.84. The first-order valence-electron chi connectivity index (χ1n) is 12.3. The summed E-state index contributed by atoms with van der Waals surface area (Å²) in [6.07, 6.45) is 4.65. The van der Waals surface area contributed by atoms with Crippen molar-refractivity contribution in [2.24, 2.45) is 5.92 Å². The largest absolute Gasteiger partial charge is 0.365 e. The number of aromatic nitrogens is 2. The first kappa shape index (κ1) is 24.5. The number of nitrogens with zero attached hydrogens (tertiary/aromatic N) is 4. The lowest BCUT2D eigenvalue weighted by molar-refractivity contribution is 0.259. The maximum atomic E-state index is 6.39. The molecule has 0 radical (unpaired) electrons. The molecule has 2 aromatic rings. The van der Waals surface area contributed by atoms with Crippen LogP contribution in [0.25, 0.3) is 0 Å². The summed E-state index contributed by atoms with van der Waals surface area (Å²) < 4.78 is 0. The summed E-state index contributed by atoms with van der Waals surface area (Å²) in [5.41, 5.74) is 3.34. The van der Waals surface area contributed by atoms with Crippen LogP contribution in [0.5, 0.6) is 0 Å². The Morgan fingerprint density at radius 1 is 1.15 bits per heavy atom. The van der Waals surface area contributed by atoms with E-state index in [2.05, 4.69) is 34.3 Å². The number of rotatable bonds is 9. The van der Waals surface area contributed by atoms with Crippen molar-refractivity contribution in [2.75, 3.05) is 49.5 Å². The van der Waals surface area contributed by atoms with Crippen molar-refractivity contribution >= 4 is 35.0 Å². The Hall–Kier alpha value is -1.60. The van der Waals surface area contributed by atoms with Crippen LogP contribution in [-0.2, 0) is 19.5 Å². The molecule has 0 amide bonds. The highest BCUT2D eigenvalue weighted by molar-refractivity contribution is 6.35. The molecule has 2 aliphatic heterocycles. The lowest BCUT2D eigenvalue weighted by Gasteiger charge is -2.34. The van der Waals surface area contributed by atoms with Crippen LogP contribution in [0.1, 0.15) is 49.9 Å². The van der Waals surface area contributed by atoms with Gasteiger partial charge < -0.3 is 20.4 Å². The molecule has 1 fully saturated rings. The molecule has 2 aliphatic rings. The lowest BCUT2D eigenvalue weighted by Crippen LogP contribution is -2.37. The van der Waals surface area contributed by atoms with Gasteiger partial charge in [0.05, 0.1) is 5.69 Å². The minimum absolute atomic E-state index is 0.603. The number of hydrogen-bond donors (Lipinski definition) is 2. The fraction of sp³-hybridized carbons (Fsp3) is 0.600. The number of halogens is 2. The highest BCUT2D eigenvalue weighted by Crippen LogP contribution is 2.29. The number of piperidine rings is 1. The van der Waals surface area contributed by atoms with Crippen molar-refractivity contribution in [3.05, 3.63) is 45.1 Å². The average molecular weight is 492 g/mol. The Labute approximate surface area is 208 Å². The second-order valence-corrected chi connectivity index (χ2v) is 9.90. The van der Waals surface area contributed by atoms with Gasteiger partial charge in [-0.05, 0) is 62.5 Å². The number of anilines is 2. The number of fused-ring (bicyclic) bond motifs is 1. The summed E-state index contributed by atoms with van der Waals surface area (Å²) in [5.74, 6) is 2.58. The van der Waals surface area contributed by atoms with E-state index in [-0.39, 0.29) is 0 Å². The van der Waals surface area contributed by atoms with Gasteiger partial charge in [-0.2, -0.15) is 4.98 Å². The zero-order valence-corrected chi connectivity index (χ0v) is 21.4. The van der Waals surface area contributed by atoms with Gasteiger partial charge in [-0.15, -0.1) is 0 Å². The monoisotopic (exact) mass is 490 g/mol. The highest BCUT2D eigenvalue weighted by atomic mass is 35.5. The van der Waals surface area contributed by atoms with Crippen molar-refractivity contribution in [1.29, 1.82) is 0 Å². The van der Waals surface area contributed by atoms with Crippen LogP contribution in [0.2, 0.25) is 10.0 Å². The molecule has 8 heteroatoms. The van der Waals surface area contributed by atoms with Gasteiger partial charge in [0.2, 0.25) is 5.95 Å². The minimum Gasteiger partial charge on any atom is -0.365 e. The van der Waals surface area contributed by atoms with Gasteiger partial charge in [-0.3, -0.25) is 0 Å². The highest BCUT2D eigenvalue weighted by Gasteiger charge is 2.24. The molecule has 1 aromatic heterocycles. The molecule has 3 heterocycles. The second-order valence-electron chi connectivity index (χ2n) is 9.06. The van der Waals surface area contributed by atoms with Crippen molar-refractivity contribution in [3.63, 3.8) is 0 Å². The standard InChI is InChI=1S/C25H36Cl2N6/c1-3-32(4-2)12-8-18-9-13-33(14-10-18)25-30-23-7-11-28-17-21(23)24(31-25)29-16-19-5-6-20(26)15-22(19)27/h5-6,15,18,28H,3-4,7-14,16-17H2,1-2H3,(H,29,30,31). The molecule has 1 saturated heterocycles. The topological polar surface area (TPSA) is 56.3 Å². The van der Waals surface area contributed by atoms with Crippen molar-refractivity contribution in [2.45, 2.75) is 52.6 Å². The third-order valence-corrected chi connectivity index (χ3v) is 7.62. The van der Waals surface area contributed by atoms with E-state index < -0.39 is 0 Å². The molecule has 180 valence electrons. The molecule has 0 unspecified atom stereocenters. The molecule has 0 atom stereocenters. The SMILES string of the molecule is CCN(CC)CCC1CCN(c2nc3c(c(NCc4ccc(Cl)cc4Cl)n2)CNCC3)CC1. The zero-order chi connectivity index (χ0) is 23.2. The molecule has 0 saturated carbocycles. The Balaban J connectivity index is 1.43. The van der Waals surface area contributed by atoms with E-state index >= 15 is 0 Å². The summed E-state index contributed by atoms with van der Waals surface area (Å²) >= 11 is 12.4. The maximum absolute atomic E-state index is 6.39. The summed E-state index contributed by atoms with van der Waals surface area (Å²) in [4.78, 5) is 14.9. The predicted octanol–water partition coefficient (Wildman–Crippen LogP) is 4.99. The van der Waals surface area contributed by atoms with Crippen molar-refractivity contribution in [1.82, 2.24) is 20.2 Å². The lowest BCUT2D eigenvalue weighted by atomic mass is 9.93. The van der Waals surface area contributed by atoms with Gasteiger partial charge in [0, 0.05) is 54.8 Å². The van der Waals surface area contributed by atoms with Gasteiger partial charge in [-0.1, -0.05) is 43.1 Å². The number of nitrogens with one attached hydrogen (secondary N) is 2. The quantitative estimate of drug-likeness (QED) is 0.516. The Morgan fingerprint density at radius 3 is 2.67 bits per heavy atom. The van der Waals surface area contributed by atoms with Gasteiger partial charge in [0.15, 0.2) is 0 Å². The molecule has 4 rings (SSSR count).